The SMILES string of the molecule is CCNC(=NCC(C)N1CCOCC1)NCCCNS(=O)(=O)CC.I. The van der Waals surface area contributed by atoms with Crippen LogP contribution in [0.5, 0.6) is 0 Å². The summed E-state index contributed by atoms with van der Waals surface area (Å²) in [4.78, 5) is 7.01. The third-order valence-electron chi connectivity index (χ3n) is 3.87. The maximum absolute atomic E-state index is 11.3. The van der Waals surface area contributed by atoms with Crippen molar-refractivity contribution in [2.45, 2.75) is 33.2 Å². The van der Waals surface area contributed by atoms with Gasteiger partial charge in [0.15, 0.2) is 5.96 Å². The van der Waals surface area contributed by atoms with Gasteiger partial charge in [0, 0.05) is 38.8 Å². The first kappa shape index (κ1) is 24.8. The quantitative estimate of drug-likeness (QED) is 0.175. The molecule has 0 aliphatic carbocycles. The zero-order chi connectivity index (χ0) is 17.8. The Morgan fingerprint density at radius 3 is 2.48 bits per heavy atom. The number of aliphatic imine (C=N–C) groups is 1. The lowest BCUT2D eigenvalue weighted by Crippen LogP contribution is -2.44. The van der Waals surface area contributed by atoms with Crippen molar-refractivity contribution in [2.24, 2.45) is 4.99 Å². The third kappa shape index (κ3) is 11.2. The molecule has 1 aliphatic heterocycles. The summed E-state index contributed by atoms with van der Waals surface area (Å²) in [6, 6.07) is 0.376. The van der Waals surface area contributed by atoms with Gasteiger partial charge in [-0.15, -0.1) is 24.0 Å². The number of ether oxygens (including phenoxy) is 1. The lowest BCUT2D eigenvalue weighted by molar-refractivity contribution is 0.0220. The van der Waals surface area contributed by atoms with Crippen LogP contribution in [-0.2, 0) is 14.8 Å². The van der Waals surface area contributed by atoms with Crippen LogP contribution >= 0.6 is 24.0 Å². The number of hydrogen-bond acceptors (Lipinski definition) is 5. The van der Waals surface area contributed by atoms with Crippen molar-refractivity contribution in [1.29, 1.82) is 0 Å². The van der Waals surface area contributed by atoms with E-state index in [-0.39, 0.29) is 29.7 Å². The number of nitrogens with zero attached hydrogens (tertiary/aromatic N) is 2. The summed E-state index contributed by atoms with van der Waals surface area (Å²) in [6.45, 7) is 12.0. The minimum atomic E-state index is -3.10. The fourth-order valence-electron chi connectivity index (χ4n) is 2.32. The van der Waals surface area contributed by atoms with Gasteiger partial charge in [-0.2, -0.15) is 0 Å². The molecule has 3 N–H and O–H groups in total. The Bertz CT molecular complexity index is 470. The Balaban J connectivity index is 0.00000576. The van der Waals surface area contributed by atoms with Gasteiger partial charge in [0.2, 0.25) is 10.0 Å². The van der Waals surface area contributed by atoms with E-state index in [0.29, 0.717) is 25.6 Å². The van der Waals surface area contributed by atoms with Crippen LogP contribution in [0.4, 0.5) is 0 Å². The van der Waals surface area contributed by atoms with Crippen molar-refractivity contribution < 1.29 is 13.2 Å². The van der Waals surface area contributed by atoms with Crippen molar-refractivity contribution >= 4 is 40.0 Å². The number of nitrogens with one attached hydrogen (secondary N) is 3. The van der Waals surface area contributed by atoms with Gasteiger partial charge in [-0.25, -0.2) is 13.1 Å². The highest BCUT2D eigenvalue weighted by atomic mass is 127. The van der Waals surface area contributed by atoms with E-state index in [9.17, 15) is 8.42 Å². The van der Waals surface area contributed by atoms with E-state index < -0.39 is 10.0 Å². The summed E-state index contributed by atoms with van der Waals surface area (Å²) >= 11 is 0. The van der Waals surface area contributed by atoms with E-state index in [2.05, 4.69) is 32.2 Å². The zero-order valence-electron chi connectivity index (χ0n) is 15.6. The second-order valence-electron chi connectivity index (χ2n) is 5.80. The summed E-state index contributed by atoms with van der Waals surface area (Å²) in [7, 11) is -3.10. The molecule has 0 amide bonds. The van der Waals surface area contributed by atoms with Crippen LogP contribution in [0.2, 0.25) is 0 Å². The van der Waals surface area contributed by atoms with E-state index >= 15 is 0 Å². The van der Waals surface area contributed by atoms with E-state index in [1.165, 1.54) is 0 Å². The van der Waals surface area contributed by atoms with Gasteiger partial charge in [-0.3, -0.25) is 9.89 Å². The molecule has 0 bridgehead atoms. The number of hydrogen-bond donors (Lipinski definition) is 3. The number of halogens is 1. The second kappa shape index (κ2) is 14.0. The summed E-state index contributed by atoms with van der Waals surface area (Å²) in [5.41, 5.74) is 0. The van der Waals surface area contributed by atoms with Gasteiger partial charge < -0.3 is 15.4 Å². The number of guanidine groups is 1. The molecule has 8 nitrogen and oxygen atoms in total. The molecule has 1 rings (SSSR count). The van der Waals surface area contributed by atoms with Crippen molar-refractivity contribution in [1.82, 2.24) is 20.3 Å². The van der Waals surface area contributed by atoms with Crippen molar-refractivity contribution in [3.8, 4) is 0 Å². The maximum Gasteiger partial charge on any atom is 0.211 e. The molecule has 1 aliphatic rings. The van der Waals surface area contributed by atoms with Gasteiger partial charge >= 0.3 is 0 Å². The zero-order valence-corrected chi connectivity index (χ0v) is 18.7. The molecular formula is C15H34IN5O3S. The van der Waals surface area contributed by atoms with Gasteiger partial charge in [0.25, 0.3) is 0 Å². The van der Waals surface area contributed by atoms with E-state index in [4.69, 9.17) is 4.74 Å². The van der Waals surface area contributed by atoms with E-state index in [1.54, 1.807) is 6.92 Å². The highest BCUT2D eigenvalue weighted by Crippen LogP contribution is 2.03. The van der Waals surface area contributed by atoms with Crippen molar-refractivity contribution in [3.63, 3.8) is 0 Å². The Labute approximate surface area is 169 Å². The van der Waals surface area contributed by atoms with Crippen LogP contribution in [0.25, 0.3) is 0 Å². The fourth-order valence-corrected chi connectivity index (χ4v) is 2.98. The molecule has 0 radical (unpaired) electrons. The standard InChI is InChI=1S/C15H33N5O3S.HI/c1-4-16-15(17-7-6-8-19-24(21,22)5-2)18-13-14(3)20-9-11-23-12-10-20;/h14,19H,4-13H2,1-3H3,(H2,16,17,18);1H. The minimum Gasteiger partial charge on any atom is -0.379 e. The van der Waals surface area contributed by atoms with Crippen LogP contribution < -0.4 is 15.4 Å². The van der Waals surface area contributed by atoms with Gasteiger partial charge in [0.1, 0.15) is 0 Å². The first-order chi connectivity index (χ1) is 11.5. The highest BCUT2D eigenvalue weighted by molar-refractivity contribution is 14.0. The molecule has 1 saturated heterocycles. The topological polar surface area (TPSA) is 95.1 Å². The molecule has 1 heterocycles. The molecule has 0 spiro atoms. The van der Waals surface area contributed by atoms with Crippen LogP contribution in [-0.4, -0.2) is 83.6 Å². The molecular weight excluding hydrogens is 457 g/mol. The Hall–Kier alpha value is -0.170. The number of rotatable bonds is 10. The number of morpholine rings is 1. The first-order valence-corrected chi connectivity index (χ1v) is 10.4. The molecule has 0 aromatic rings. The lowest BCUT2D eigenvalue weighted by Gasteiger charge is -2.31. The van der Waals surface area contributed by atoms with Crippen LogP contribution in [0.1, 0.15) is 27.2 Å². The minimum absolute atomic E-state index is 0. The van der Waals surface area contributed by atoms with Gasteiger partial charge in [-0.05, 0) is 27.2 Å². The molecule has 10 heteroatoms. The molecule has 1 atom stereocenters. The molecule has 150 valence electrons. The summed E-state index contributed by atoms with van der Waals surface area (Å²) in [6.07, 6.45) is 0.711. The monoisotopic (exact) mass is 491 g/mol. The molecule has 0 saturated carbocycles. The van der Waals surface area contributed by atoms with Crippen LogP contribution in [0, 0.1) is 0 Å². The lowest BCUT2D eigenvalue weighted by atomic mass is 10.2. The Morgan fingerprint density at radius 2 is 1.88 bits per heavy atom. The molecule has 0 aromatic heterocycles. The smallest absolute Gasteiger partial charge is 0.211 e. The molecule has 0 aromatic carbocycles. The molecule has 1 fully saturated rings. The molecule has 1 unspecified atom stereocenters. The Kier molecular flexibility index (Phi) is 13.9. The van der Waals surface area contributed by atoms with Crippen LogP contribution in [0.3, 0.4) is 0 Å². The summed E-state index contributed by atoms with van der Waals surface area (Å²) in [5, 5.41) is 6.46. The average molecular weight is 491 g/mol. The normalized spacial score (nSPS) is 17.6. The molecule has 25 heavy (non-hydrogen) atoms. The predicted molar refractivity (Wildman–Crippen MR) is 113 cm³/mol. The van der Waals surface area contributed by atoms with Crippen molar-refractivity contribution in [3.05, 3.63) is 0 Å². The Morgan fingerprint density at radius 1 is 1.20 bits per heavy atom. The van der Waals surface area contributed by atoms with Gasteiger partial charge in [-0.1, -0.05) is 0 Å². The highest BCUT2D eigenvalue weighted by Gasteiger charge is 2.16. The second-order valence-corrected chi connectivity index (χ2v) is 7.89. The third-order valence-corrected chi connectivity index (χ3v) is 5.28. The van der Waals surface area contributed by atoms with E-state index in [1.807, 2.05) is 6.92 Å². The maximum atomic E-state index is 11.3. The number of sulfonamides is 1. The largest absolute Gasteiger partial charge is 0.379 e. The predicted octanol–water partition coefficient (Wildman–Crippen LogP) is 0.210. The average Bonchev–Trinajstić information content (AvgIpc) is 2.59. The summed E-state index contributed by atoms with van der Waals surface area (Å²) in [5.74, 6) is 0.889. The fraction of sp³-hybridized carbons (Fsp3) is 0.933. The van der Waals surface area contributed by atoms with Crippen LogP contribution in [0.15, 0.2) is 4.99 Å². The van der Waals surface area contributed by atoms with Gasteiger partial charge in [0.05, 0.1) is 25.5 Å². The van der Waals surface area contributed by atoms with E-state index in [0.717, 1.165) is 45.4 Å². The first-order valence-electron chi connectivity index (χ1n) is 8.79. The summed E-state index contributed by atoms with van der Waals surface area (Å²) < 4.78 is 30.6. The van der Waals surface area contributed by atoms with Crippen molar-refractivity contribution in [2.75, 3.05) is 58.2 Å².